The summed E-state index contributed by atoms with van der Waals surface area (Å²) < 4.78 is 51.4. The molecule has 1 aromatic carbocycles. The number of aryl methyl sites for hydroxylation is 1. The first-order chi connectivity index (χ1) is 15.2. The second-order valence-electron chi connectivity index (χ2n) is 7.11. The maximum absolute atomic E-state index is 13.5. The topological polar surface area (TPSA) is 93.2 Å². The molecular formula is C20H17ClF3N5O3. The molecule has 1 N–H and O–H groups in total. The minimum atomic E-state index is -4.60. The summed E-state index contributed by atoms with van der Waals surface area (Å²) in [4.78, 5) is 22.0. The first-order valence-electron chi connectivity index (χ1n) is 9.45. The number of nitrogens with one attached hydrogen (secondary N) is 1. The first-order valence-corrected chi connectivity index (χ1v) is 9.82. The Morgan fingerprint density at radius 1 is 1.25 bits per heavy atom. The number of H-pyrrole nitrogens is 1. The smallest absolute Gasteiger partial charge is 0.419 e. The second kappa shape index (κ2) is 8.30. The molecule has 0 spiro atoms. The molecule has 0 amide bonds. The summed E-state index contributed by atoms with van der Waals surface area (Å²) in [6.07, 6.45) is -2.84. The van der Waals surface area contributed by atoms with E-state index in [1.54, 1.807) is 11.8 Å². The minimum Gasteiger partial charge on any atom is -0.467 e. The van der Waals surface area contributed by atoms with Gasteiger partial charge in [-0.15, -0.1) is 0 Å². The number of fused-ring (bicyclic) bond motifs is 1. The summed E-state index contributed by atoms with van der Waals surface area (Å²) in [6, 6.07) is 3.75. The van der Waals surface area contributed by atoms with E-state index in [0.29, 0.717) is 35.5 Å². The standard InChI is InChI=1S/C20H17ClF3N5O3/c1-10-3-4-15(12(7-10)20(22,23)24)32-18-11-5-6-29(9-13(11)26-19(27-18)31-2)14-8-25-28-17(30)16(14)21/h3-4,7-8H,5-6,9H2,1-2H3,(H,28,30). The Balaban J connectivity index is 1.73. The van der Waals surface area contributed by atoms with Crippen LogP contribution in [0, 0.1) is 6.92 Å². The third kappa shape index (κ3) is 4.20. The first kappa shape index (κ1) is 21.9. The zero-order valence-electron chi connectivity index (χ0n) is 17.0. The van der Waals surface area contributed by atoms with Gasteiger partial charge in [0.25, 0.3) is 5.56 Å². The molecule has 3 aromatic rings. The lowest BCUT2D eigenvalue weighted by molar-refractivity contribution is -0.138. The van der Waals surface area contributed by atoms with Gasteiger partial charge in [0.05, 0.1) is 36.8 Å². The molecule has 0 atom stereocenters. The molecule has 1 aliphatic rings. The Morgan fingerprint density at radius 2 is 2.03 bits per heavy atom. The zero-order chi connectivity index (χ0) is 23.0. The molecule has 4 rings (SSSR count). The van der Waals surface area contributed by atoms with Crippen LogP contribution in [0.3, 0.4) is 0 Å². The average Bonchev–Trinajstić information content (AvgIpc) is 2.75. The van der Waals surface area contributed by atoms with Crippen molar-refractivity contribution in [2.45, 2.75) is 26.1 Å². The third-order valence-electron chi connectivity index (χ3n) is 4.95. The molecule has 0 fully saturated rings. The largest absolute Gasteiger partial charge is 0.467 e. The van der Waals surface area contributed by atoms with Crippen LogP contribution in [0.4, 0.5) is 18.9 Å². The molecule has 8 nitrogen and oxygen atoms in total. The van der Waals surface area contributed by atoms with Gasteiger partial charge in [0, 0.05) is 12.1 Å². The van der Waals surface area contributed by atoms with E-state index in [9.17, 15) is 18.0 Å². The van der Waals surface area contributed by atoms with E-state index in [0.717, 1.165) is 6.07 Å². The van der Waals surface area contributed by atoms with Gasteiger partial charge >= 0.3 is 12.2 Å². The van der Waals surface area contributed by atoms with Gasteiger partial charge in [0.2, 0.25) is 5.88 Å². The maximum Gasteiger partial charge on any atom is 0.419 e. The fraction of sp³-hybridized carbons (Fsp3) is 0.300. The van der Waals surface area contributed by atoms with Crippen LogP contribution in [0.5, 0.6) is 17.6 Å². The molecule has 0 aliphatic carbocycles. The number of hydrogen-bond donors (Lipinski definition) is 1. The van der Waals surface area contributed by atoms with Crippen molar-refractivity contribution < 1.29 is 22.6 Å². The molecule has 1 aliphatic heterocycles. The SMILES string of the molecule is COc1nc2c(c(Oc3ccc(C)cc3C(F)(F)F)n1)CCN(c1cn[nH]c(=O)c1Cl)C2. The molecule has 0 saturated heterocycles. The van der Waals surface area contributed by atoms with Crippen LogP contribution in [-0.4, -0.2) is 33.8 Å². The number of nitrogens with zero attached hydrogens (tertiary/aromatic N) is 4. The van der Waals surface area contributed by atoms with Gasteiger partial charge in [0.15, 0.2) is 0 Å². The van der Waals surface area contributed by atoms with Crippen LogP contribution in [0.2, 0.25) is 5.02 Å². The Morgan fingerprint density at radius 3 is 2.75 bits per heavy atom. The quantitative estimate of drug-likeness (QED) is 0.622. The highest BCUT2D eigenvalue weighted by Gasteiger charge is 2.35. The number of ether oxygens (including phenoxy) is 2. The number of methoxy groups -OCH3 is 1. The molecule has 0 saturated carbocycles. The van der Waals surface area contributed by atoms with E-state index in [-0.39, 0.29) is 29.2 Å². The van der Waals surface area contributed by atoms with Crippen molar-refractivity contribution >= 4 is 17.3 Å². The highest BCUT2D eigenvalue weighted by molar-refractivity contribution is 6.33. The molecular weight excluding hydrogens is 451 g/mol. The lowest BCUT2D eigenvalue weighted by atomic mass is 10.1. The van der Waals surface area contributed by atoms with E-state index >= 15 is 0 Å². The van der Waals surface area contributed by atoms with Gasteiger partial charge in [0.1, 0.15) is 10.8 Å². The van der Waals surface area contributed by atoms with Gasteiger partial charge in [-0.3, -0.25) is 4.79 Å². The number of hydrogen-bond acceptors (Lipinski definition) is 7. The number of anilines is 1. The molecule has 168 valence electrons. The number of alkyl halides is 3. The summed E-state index contributed by atoms with van der Waals surface area (Å²) in [6.45, 7) is 2.16. The summed E-state index contributed by atoms with van der Waals surface area (Å²) in [7, 11) is 1.34. The van der Waals surface area contributed by atoms with Gasteiger partial charge < -0.3 is 14.4 Å². The molecule has 3 heterocycles. The second-order valence-corrected chi connectivity index (χ2v) is 7.49. The van der Waals surface area contributed by atoms with Gasteiger partial charge in [-0.25, -0.2) is 5.10 Å². The third-order valence-corrected chi connectivity index (χ3v) is 5.32. The molecule has 0 radical (unpaired) electrons. The fourth-order valence-electron chi connectivity index (χ4n) is 3.41. The van der Waals surface area contributed by atoms with E-state index < -0.39 is 17.3 Å². The summed E-state index contributed by atoms with van der Waals surface area (Å²) in [5.41, 5.74) is 0.464. The molecule has 12 heteroatoms. The fourth-order valence-corrected chi connectivity index (χ4v) is 3.62. The van der Waals surface area contributed by atoms with Gasteiger partial charge in [-0.1, -0.05) is 23.2 Å². The van der Waals surface area contributed by atoms with Gasteiger partial charge in [-0.2, -0.15) is 28.2 Å². The van der Waals surface area contributed by atoms with Crippen molar-refractivity contribution in [3.63, 3.8) is 0 Å². The molecule has 0 unspecified atom stereocenters. The van der Waals surface area contributed by atoms with Crippen LogP contribution >= 0.6 is 11.6 Å². The molecule has 32 heavy (non-hydrogen) atoms. The number of aromatic nitrogens is 4. The van der Waals surface area contributed by atoms with Crippen LogP contribution in [0.1, 0.15) is 22.4 Å². The number of rotatable bonds is 4. The average molecular weight is 468 g/mol. The lowest BCUT2D eigenvalue weighted by Crippen LogP contribution is -2.33. The lowest BCUT2D eigenvalue weighted by Gasteiger charge is -2.30. The number of aromatic amines is 1. The monoisotopic (exact) mass is 467 g/mol. The Hall–Kier alpha value is -3.34. The van der Waals surface area contributed by atoms with Crippen LogP contribution < -0.4 is 19.9 Å². The Bertz CT molecular complexity index is 1230. The van der Waals surface area contributed by atoms with E-state index in [1.165, 1.54) is 25.4 Å². The predicted molar refractivity (Wildman–Crippen MR) is 109 cm³/mol. The van der Waals surface area contributed by atoms with Crippen LogP contribution in [0.25, 0.3) is 0 Å². The predicted octanol–water partition coefficient (Wildman–Crippen LogP) is 3.90. The number of benzene rings is 1. The highest BCUT2D eigenvalue weighted by Crippen LogP contribution is 2.40. The normalized spacial score (nSPS) is 13.6. The van der Waals surface area contributed by atoms with Crippen molar-refractivity contribution in [1.82, 2.24) is 20.2 Å². The zero-order valence-corrected chi connectivity index (χ0v) is 17.7. The highest BCUT2D eigenvalue weighted by atomic mass is 35.5. The summed E-state index contributed by atoms with van der Waals surface area (Å²) in [5.74, 6) is -0.383. The molecule has 2 aromatic heterocycles. The maximum atomic E-state index is 13.5. The summed E-state index contributed by atoms with van der Waals surface area (Å²) >= 11 is 6.11. The van der Waals surface area contributed by atoms with E-state index in [1.807, 2.05) is 0 Å². The van der Waals surface area contributed by atoms with Crippen molar-refractivity contribution in [1.29, 1.82) is 0 Å². The Labute approximate surface area is 185 Å². The minimum absolute atomic E-state index is 0.0176. The van der Waals surface area contributed by atoms with Crippen LogP contribution in [0.15, 0.2) is 29.2 Å². The van der Waals surface area contributed by atoms with Crippen molar-refractivity contribution in [3.8, 4) is 17.6 Å². The van der Waals surface area contributed by atoms with E-state index in [4.69, 9.17) is 21.1 Å². The van der Waals surface area contributed by atoms with E-state index in [2.05, 4.69) is 20.2 Å². The van der Waals surface area contributed by atoms with Crippen LogP contribution in [-0.2, 0) is 19.1 Å². The molecule has 0 bridgehead atoms. The number of halogens is 4. The Kier molecular flexibility index (Phi) is 5.68. The van der Waals surface area contributed by atoms with Crippen molar-refractivity contribution in [3.05, 3.63) is 62.2 Å². The van der Waals surface area contributed by atoms with Crippen molar-refractivity contribution in [2.24, 2.45) is 0 Å². The van der Waals surface area contributed by atoms with Gasteiger partial charge in [-0.05, 0) is 25.5 Å². The summed E-state index contributed by atoms with van der Waals surface area (Å²) in [5, 5.41) is 6.01. The van der Waals surface area contributed by atoms with Crippen molar-refractivity contribution in [2.75, 3.05) is 18.6 Å².